The van der Waals surface area contributed by atoms with E-state index in [0.29, 0.717) is 18.3 Å². The number of halogens is 1. The maximum atomic E-state index is 11.3. The van der Waals surface area contributed by atoms with Gasteiger partial charge in [-0.15, -0.1) is 0 Å². The monoisotopic (exact) mass is 300 g/mol. The van der Waals surface area contributed by atoms with E-state index in [9.17, 15) is 4.79 Å². The van der Waals surface area contributed by atoms with E-state index < -0.39 is 0 Å². The van der Waals surface area contributed by atoms with Crippen molar-refractivity contribution in [3.63, 3.8) is 0 Å². The standard InChI is InChI=1S/C13H17BrO3/c1-9(2)7-17-13(15)8-16-11-5-4-10(3)12(14)6-11/h4-6,9H,7-8H2,1-3H3. The number of aryl methyl sites for hydroxylation is 1. The Balaban J connectivity index is 2.39. The van der Waals surface area contributed by atoms with Gasteiger partial charge in [-0.25, -0.2) is 4.79 Å². The summed E-state index contributed by atoms with van der Waals surface area (Å²) in [6.07, 6.45) is 0. The first-order valence-corrected chi connectivity index (χ1v) is 6.33. The average molecular weight is 301 g/mol. The molecule has 0 aliphatic rings. The highest BCUT2D eigenvalue weighted by molar-refractivity contribution is 9.10. The second-order valence-electron chi connectivity index (χ2n) is 4.28. The van der Waals surface area contributed by atoms with Crippen LogP contribution < -0.4 is 4.74 Å². The van der Waals surface area contributed by atoms with E-state index in [-0.39, 0.29) is 12.6 Å². The topological polar surface area (TPSA) is 35.5 Å². The van der Waals surface area contributed by atoms with Crippen LogP contribution in [0.1, 0.15) is 19.4 Å². The van der Waals surface area contributed by atoms with Crippen molar-refractivity contribution in [3.8, 4) is 5.75 Å². The van der Waals surface area contributed by atoms with Gasteiger partial charge in [0.05, 0.1) is 6.61 Å². The first-order valence-electron chi connectivity index (χ1n) is 5.53. The largest absolute Gasteiger partial charge is 0.482 e. The van der Waals surface area contributed by atoms with Crippen molar-refractivity contribution in [1.29, 1.82) is 0 Å². The zero-order valence-corrected chi connectivity index (χ0v) is 11.9. The quantitative estimate of drug-likeness (QED) is 0.783. The number of hydrogen-bond acceptors (Lipinski definition) is 3. The van der Waals surface area contributed by atoms with Crippen LogP contribution in [0.25, 0.3) is 0 Å². The molecule has 1 aromatic carbocycles. The lowest BCUT2D eigenvalue weighted by molar-refractivity contribution is -0.147. The van der Waals surface area contributed by atoms with Crippen LogP contribution in [0.2, 0.25) is 0 Å². The Morgan fingerprint density at radius 2 is 2.12 bits per heavy atom. The van der Waals surface area contributed by atoms with Crippen molar-refractivity contribution in [1.82, 2.24) is 0 Å². The molecule has 0 aromatic heterocycles. The Labute approximate surface area is 110 Å². The maximum absolute atomic E-state index is 11.3. The molecular weight excluding hydrogens is 284 g/mol. The van der Waals surface area contributed by atoms with Crippen molar-refractivity contribution in [2.75, 3.05) is 13.2 Å². The van der Waals surface area contributed by atoms with Gasteiger partial charge in [0.25, 0.3) is 0 Å². The van der Waals surface area contributed by atoms with Crippen LogP contribution in [0, 0.1) is 12.8 Å². The van der Waals surface area contributed by atoms with E-state index in [1.54, 1.807) is 0 Å². The summed E-state index contributed by atoms with van der Waals surface area (Å²) in [5, 5.41) is 0. The molecule has 1 rings (SSSR count). The molecule has 1 aromatic rings. The van der Waals surface area contributed by atoms with E-state index in [4.69, 9.17) is 9.47 Å². The number of carbonyl (C=O) groups is 1. The normalized spacial score (nSPS) is 10.4. The van der Waals surface area contributed by atoms with Crippen molar-refractivity contribution in [2.45, 2.75) is 20.8 Å². The zero-order valence-electron chi connectivity index (χ0n) is 10.3. The van der Waals surface area contributed by atoms with Crippen molar-refractivity contribution >= 4 is 21.9 Å². The van der Waals surface area contributed by atoms with Gasteiger partial charge >= 0.3 is 5.97 Å². The van der Waals surface area contributed by atoms with Gasteiger partial charge in [0.15, 0.2) is 6.61 Å². The highest BCUT2D eigenvalue weighted by atomic mass is 79.9. The van der Waals surface area contributed by atoms with E-state index in [1.807, 2.05) is 39.0 Å². The molecule has 0 amide bonds. The molecule has 0 unspecified atom stereocenters. The fourth-order valence-electron chi connectivity index (χ4n) is 1.11. The van der Waals surface area contributed by atoms with Crippen LogP contribution in [-0.4, -0.2) is 19.2 Å². The lowest BCUT2D eigenvalue weighted by atomic mass is 10.2. The van der Waals surface area contributed by atoms with Gasteiger partial charge in [-0.3, -0.25) is 0 Å². The molecule has 94 valence electrons. The molecule has 0 aliphatic heterocycles. The molecule has 0 spiro atoms. The molecule has 0 saturated carbocycles. The second-order valence-corrected chi connectivity index (χ2v) is 5.13. The summed E-state index contributed by atoms with van der Waals surface area (Å²) in [5.41, 5.74) is 1.12. The van der Waals surface area contributed by atoms with Gasteiger partial charge in [0.1, 0.15) is 5.75 Å². The fourth-order valence-corrected chi connectivity index (χ4v) is 1.46. The molecule has 0 fully saturated rings. The van der Waals surface area contributed by atoms with Gasteiger partial charge < -0.3 is 9.47 Å². The second kappa shape index (κ2) is 6.64. The molecule has 0 heterocycles. The lowest BCUT2D eigenvalue weighted by Gasteiger charge is -2.09. The molecule has 0 N–H and O–H groups in total. The first-order chi connectivity index (χ1) is 7.99. The number of ether oxygens (including phenoxy) is 2. The predicted octanol–water partition coefficient (Wildman–Crippen LogP) is 3.34. The van der Waals surface area contributed by atoms with Crippen molar-refractivity contribution in [2.24, 2.45) is 5.92 Å². The van der Waals surface area contributed by atoms with Gasteiger partial charge in [-0.2, -0.15) is 0 Å². The van der Waals surface area contributed by atoms with Gasteiger partial charge in [-0.05, 0) is 30.5 Å². The molecule has 0 saturated heterocycles. The number of rotatable bonds is 5. The first kappa shape index (κ1) is 14.0. The Morgan fingerprint density at radius 1 is 1.41 bits per heavy atom. The number of hydrogen-bond donors (Lipinski definition) is 0. The zero-order chi connectivity index (χ0) is 12.8. The van der Waals surface area contributed by atoms with Gasteiger partial charge in [0, 0.05) is 4.47 Å². The summed E-state index contributed by atoms with van der Waals surface area (Å²) in [6.45, 7) is 6.35. The summed E-state index contributed by atoms with van der Waals surface area (Å²) in [7, 11) is 0. The minimum atomic E-state index is -0.338. The minimum Gasteiger partial charge on any atom is -0.482 e. The number of benzene rings is 1. The van der Waals surface area contributed by atoms with E-state index in [2.05, 4.69) is 15.9 Å². The summed E-state index contributed by atoms with van der Waals surface area (Å²) in [5.74, 6) is 0.659. The molecular formula is C13H17BrO3. The fraction of sp³-hybridized carbons (Fsp3) is 0.462. The van der Waals surface area contributed by atoms with Crippen LogP contribution in [0.3, 0.4) is 0 Å². The summed E-state index contributed by atoms with van der Waals surface area (Å²) in [6, 6.07) is 5.60. The summed E-state index contributed by atoms with van der Waals surface area (Å²) in [4.78, 5) is 11.3. The maximum Gasteiger partial charge on any atom is 0.344 e. The minimum absolute atomic E-state index is 0.0534. The molecule has 0 aliphatic carbocycles. The third kappa shape index (κ3) is 5.22. The molecule has 17 heavy (non-hydrogen) atoms. The van der Waals surface area contributed by atoms with E-state index in [1.165, 1.54) is 0 Å². The molecule has 0 atom stereocenters. The molecule has 4 heteroatoms. The SMILES string of the molecule is Cc1ccc(OCC(=O)OCC(C)C)cc1Br. The Kier molecular flexibility index (Phi) is 5.48. The van der Waals surface area contributed by atoms with Crippen LogP contribution in [0.4, 0.5) is 0 Å². The highest BCUT2D eigenvalue weighted by Crippen LogP contribution is 2.22. The third-order valence-corrected chi connectivity index (χ3v) is 2.93. The Morgan fingerprint density at radius 3 is 2.71 bits per heavy atom. The Bertz CT molecular complexity index is 388. The highest BCUT2D eigenvalue weighted by Gasteiger charge is 2.06. The van der Waals surface area contributed by atoms with E-state index >= 15 is 0 Å². The van der Waals surface area contributed by atoms with Gasteiger partial charge in [-0.1, -0.05) is 35.8 Å². The smallest absolute Gasteiger partial charge is 0.344 e. The Hall–Kier alpha value is -1.03. The summed E-state index contributed by atoms with van der Waals surface area (Å²) >= 11 is 3.41. The van der Waals surface area contributed by atoms with Gasteiger partial charge in [0.2, 0.25) is 0 Å². The molecule has 0 bridgehead atoms. The third-order valence-electron chi connectivity index (χ3n) is 2.08. The average Bonchev–Trinajstić information content (AvgIpc) is 2.28. The van der Waals surface area contributed by atoms with Crippen molar-refractivity contribution in [3.05, 3.63) is 28.2 Å². The summed E-state index contributed by atoms with van der Waals surface area (Å²) < 4.78 is 11.3. The predicted molar refractivity (Wildman–Crippen MR) is 70.2 cm³/mol. The van der Waals surface area contributed by atoms with Crippen LogP contribution in [0.5, 0.6) is 5.75 Å². The van der Waals surface area contributed by atoms with Crippen LogP contribution in [0.15, 0.2) is 22.7 Å². The molecule has 0 radical (unpaired) electrons. The lowest BCUT2D eigenvalue weighted by Crippen LogP contribution is -2.17. The van der Waals surface area contributed by atoms with Crippen molar-refractivity contribution < 1.29 is 14.3 Å². The van der Waals surface area contributed by atoms with Crippen LogP contribution >= 0.6 is 15.9 Å². The number of carbonyl (C=O) groups excluding carboxylic acids is 1. The molecule has 3 nitrogen and oxygen atoms in total. The van der Waals surface area contributed by atoms with Crippen LogP contribution in [-0.2, 0) is 9.53 Å². The number of esters is 1. The van der Waals surface area contributed by atoms with E-state index in [0.717, 1.165) is 10.0 Å².